The van der Waals surface area contributed by atoms with Crippen LogP contribution in [0.5, 0.6) is 0 Å². The van der Waals surface area contributed by atoms with Gasteiger partial charge >= 0.3 is 0 Å². The first kappa shape index (κ1) is 7.22. The highest BCUT2D eigenvalue weighted by Crippen LogP contribution is 2.06. The summed E-state index contributed by atoms with van der Waals surface area (Å²) in [7, 11) is 0. The van der Waals surface area contributed by atoms with E-state index in [-0.39, 0.29) is 0 Å². The second-order valence-electron chi connectivity index (χ2n) is 2.82. The fourth-order valence-electron chi connectivity index (χ4n) is 1.17. The second kappa shape index (κ2) is 2.89. The Balaban J connectivity index is 2.35. The molecule has 0 bridgehead atoms. The van der Waals surface area contributed by atoms with Gasteiger partial charge in [-0.15, -0.1) is 0 Å². The van der Waals surface area contributed by atoms with Crippen LogP contribution in [0.4, 0.5) is 0 Å². The van der Waals surface area contributed by atoms with E-state index in [9.17, 15) is 0 Å². The number of aryl methyl sites for hydroxylation is 1. The highest BCUT2D eigenvalue weighted by Gasteiger charge is 2.02. The lowest BCUT2D eigenvalue weighted by Crippen LogP contribution is -1.95. The minimum absolute atomic E-state index is 0.809. The maximum atomic E-state index is 4.30. The fourth-order valence-corrected chi connectivity index (χ4v) is 1.17. The summed E-state index contributed by atoms with van der Waals surface area (Å²) in [5.41, 5.74) is 3.19. The predicted molar refractivity (Wildman–Crippen MR) is 49.5 cm³/mol. The largest absolute Gasteiger partial charge is 0.281 e. The molecule has 1 aromatic rings. The van der Waals surface area contributed by atoms with Crippen LogP contribution in [0.3, 0.4) is 0 Å². The van der Waals surface area contributed by atoms with Gasteiger partial charge in [-0.1, -0.05) is 6.08 Å². The van der Waals surface area contributed by atoms with Crippen LogP contribution >= 0.6 is 0 Å². The molecule has 2 rings (SSSR count). The number of aromatic nitrogens is 1. The van der Waals surface area contributed by atoms with E-state index in [2.05, 4.69) is 22.1 Å². The Morgan fingerprint density at radius 3 is 2.83 bits per heavy atom. The molecular formula is C10H10N2. The third-order valence-corrected chi connectivity index (χ3v) is 1.85. The molecule has 2 heteroatoms. The van der Waals surface area contributed by atoms with Crippen LogP contribution in [0.1, 0.15) is 11.3 Å². The molecule has 0 radical (unpaired) electrons. The molecule has 2 heterocycles. The number of pyridine rings is 1. The van der Waals surface area contributed by atoms with E-state index >= 15 is 0 Å². The number of hydrogen-bond donors (Lipinski definition) is 0. The van der Waals surface area contributed by atoms with Crippen LogP contribution in [-0.4, -0.2) is 17.2 Å². The minimum Gasteiger partial charge on any atom is -0.281 e. The van der Waals surface area contributed by atoms with Gasteiger partial charge in [0.15, 0.2) is 0 Å². The molecule has 0 unspecified atom stereocenters. The summed E-state index contributed by atoms with van der Waals surface area (Å²) >= 11 is 0. The number of rotatable bonds is 1. The molecule has 0 saturated heterocycles. The number of hydrogen-bond acceptors (Lipinski definition) is 2. The molecule has 1 aliphatic rings. The Kier molecular flexibility index (Phi) is 1.74. The molecule has 0 aromatic carbocycles. The summed E-state index contributed by atoms with van der Waals surface area (Å²) in [4.78, 5) is 8.51. The molecular weight excluding hydrogens is 148 g/mol. The highest BCUT2D eigenvalue weighted by molar-refractivity contribution is 6.09. The van der Waals surface area contributed by atoms with Gasteiger partial charge in [-0.25, -0.2) is 0 Å². The van der Waals surface area contributed by atoms with Gasteiger partial charge in [0.05, 0.1) is 12.3 Å². The normalized spacial score (nSPS) is 14.9. The summed E-state index contributed by atoms with van der Waals surface area (Å²) in [5.74, 6) is 0. The summed E-state index contributed by atoms with van der Waals surface area (Å²) < 4.78 is 0. The molecule has 0 aliphatic carbocycles. The van der Waals surface area contributed by atoms with Crippen LogP contribution in [0.15, 0.2) is 35.5 Å². The number of aliphatic imine (C=N–C) groups is 1. The van der Waals surface area contributed by atoms with Gasteiger partial charge in [0, 0.05) is 17.5 Å². The molecule has 0 spiro atoms. The van der Waals surface area contributed by atoms with Crippen molar-refractivity contribution in [3.8, 4) is 0 Å². The van der Waals surface area contributed by atoms with Crippen molar-refractivity contribution in [2.75, 3.05) is 6.54 Å². The quantitative estimate of drug-likeness (QED) is 0.611. The second-order valence-corrected chi connectivity index (χ2v) is 2.82. The van der Waals surface area contributed by atoms with Crippen LogP contribution in [0.25, 0.3) is 0 Å². The molecule has 1 aromatic heterocycles. The number of allylic oxidation sites excluding steroid dienone is 1. The zero-order chi connectivity index (χ0) is 8.39. The van der Waals surface area contributed by atoms with Gasteiger partial charge in [0.1, 0.15) is 0 Å². The van der Waals surface area contributed by atoms with Crippen molar-refractivity contribution < 1.29 is 0 Å². The first-order chi connectivity index (χ1) is 5.86. The molecule has 2 nitrogen and oxygen atoms in total. The molecule has 0 saturated carbocycles. The topological polar surface area (TPSA) is 25.2 Å². The Bertz CT molecular complexity index is 333. The van der Waals surface area contributed by atoms with Crippen molar-refractivity contribution in [1.82, 2.24) is 4.98 Å². The van der Waals surface area contributed by atoms with Crippen molar-refractivity contribution in [1.29, 1.82) is 0 Å². The van der Waals surface area contributed by atoms with Gasteiger partial charge in [0.2, 0.25) is 0 Å². The van der Waals surface area contributed by atoms with Gasteiger partial charge in [-0.05, 0) is 25.1 Å². The molecule has 60 valence electrons. The first-order valence-corrected chi connectivity index (χ1v) is 4.00. The van der Waals surface area contributed by atoms with Gasteiger partial charge in [0.25, 0.3) is 0 Å². The summed E-state index contributed by atoms with van der Waals surface area (Å²) in [6.45, 7) is 2.79. The van der Waals surface area contributed by atoms with E-state index in [0.29, 0.717) is 0 Å². The summed E-state index contributed by atoms with van der Waals surface area (Å²) in [5, 5.41) is 0. The van der Waals surface area contributed by atoms with E-state index in [4.69, 9.17) is 0 Å². The van der Waals surface area contributed by atoms with Crippen molar-refractivity contribution in [2.45, 2.75) is 6.92 Å². The van der Waals surface area contributed by atoms with Crippen LogP contribution in [0, 0.1) is 6.92 Å². The molecule has 0 N–H and O–H groups in total. The van der Waals surface area contributed by atoms with Crippen molar-refractivity contribution >= 4 is 5.71 Å². The minimum atomic E-state index is 0.809. The van der Waals surface area contributed by atoms with E-state index < -0.39 is 0 Å². The summed E-state index contributed by atoms with van der Waals surface area (Å²) in [6, 6.07) is 4.06. The average molecular weight is 158 g/mol. The van der Waals surface area contributed by atoms with Crippen LogP contribution in [0.2, 0.25) is 0 Å². The van der Waals surface area contributed by atoms with Crippen molar-refractivity contribution in [3.05, 3.63) is 41.7 Å². The molecule has 0 atom stereocenters. The van der Waals surface area contributed by atoms with Crippen molar-refractivity contribution in [2.24, 2.45) is 4.99 Å². The third-order valence-electron chi connectivity index (χ3n) is 1.85. The first-order valence-electron chi connectivity index (χ1n) is 4.00. The Hall–Kier alpha value is -1.44. The Morgan fingerprint density at radius 1 is 1.33 bits per heavy atom. The molecule has 0 fully saturated rings. The van der Waals surface area contributed by atoms with Crippen LogP contribution in [-0.2, 0) is 0 Å². The zero-order valence-electron chi connectivity index (χ0n) is 6.99. The Morgan fingerprint density at radius 2 is 2.25 bits per heavy atom. The van der Waals surface area contributed by atoms with Crippen molar-refractivity contribution in [3.63, 3.8) is 0 Å². The smallest absolute Gasteiger partial charge is 0.0663 e. The van der Waals surface area contributed by atoms with Gasteiger partial charge in [-0.3, -0.25) is 9.98 Å². The van der Waals surface area contributed by atoms with E-state index in [1.54, 1.807) is 0 Å². The van der Waals surface area contributed by atoms with Crippen LogP contribution < -0.4 is 0 Å². The maximum absolute atomic E-state index is 4.30. The van der Waals surface area contributed by atoms with Gasteiger partial charge in [-0.2, -0.15) is 0 Å². The lowest BCUT2D eigenvalue weighted by molar-refractivity contribution is 1.19. The molecule has 12 heavy (non-hydrogen) atoms. The SMILES string of the molecule is Cc1ccc(C2=NCC=C2)cn1. The molecule has 0 amide bonds. The fraction of sp³-hybridized carbons (Fsp3) is 0.200. The third kappa shape index (κ3) is 1.28. The zero-order valence-corrected chi connectivity index (χ0v) is 6.99. The molecule has 1 aliphatic heterocycles. The van der Waals surface area contributed by atoms with E-state index in [1.165, 1.54) is 0 Å². The Labute approximate surface area is 71.7 Å². The highest BCUT2D eigenvalue weighted by atomic mass is 14.8. The monoisotopic (exact) mass is 158 g/mol. The maximum Gasteiger partial charge on any atom is 0.0663 e. The van der Waals surface area contributed by atoms with E-state index in [1.807, 2.05) is 25.3 Å². The standard InChI is InChI=1S/C10H10N2/c1-8-4-5-9(7-12-8)10-3-2-6-11-10/h2-5,7H,6H2,1H3. The summed E-state index contributed by atoms with van der Waals surface area (Å²) in [6.07, 6.45) is 5.95. The predicted octanol–water partition coefficient (Wildman–Crippen LogP) is 1.75. The average Bonchev–Trinajstić information content (AvgIpc) is 2.58. The van der Waals surface area contributed by atoms with Gasteiger partial charge < -0.3 is 0 Å². The van der Waals surface area contributed by atoms with E-state index in [0.717, 1.165) is 23.5 Å². The lowest BCUT2D eigenvalue weighted by Gasteiger charge is -1.97. The number of nitrogens with zero attached hydrogens (tertiary/aromatic N) is 2. The lowest BCUT2D eigenvalue weighted by atomic mass is 10.2.